The van der Waals surface area contributed by atoms with Crippen molar-refractivity contribution in [1.82, 2.24) is 10.2 Å². The number of thiocarbonyl (C=S) groups is 1. The molecule has 0 atom stereocenters. The van der Waals surface area contributed by atoms with Crippen molar-refractivity contribution in [2.75, 3.05) is 13.1 Å². The van der Waals surface area contributed by atoms with Crippen molar-refractivity contribution in [2.24, 2.45) is 0 Å². The summed E-state index contributed by atoms with van der Waals surface area (Å²) in [5.74, 6) is 0.322. The SMILES string of the molecule is O=C(CCN1C(=O)/C(=C\c2ccco2)SC1=S)NCCc1ccccc1. The first kappa shape index (κ1) is 18.4. The van der Waals surface area contributed by atoms with E-state index >= 15 is 0 Å². The van der Waals surface area contributed by atoms with Crippen LogP contribution in [0.4, 0.5) is 0 Å². The minimum atomic E-state index is -0.187. The number of rotatable bonds is 7. The van der Waals surface area contributed by atoms with E-state index in [1.54, 1.807) is 24.5 Å². The molecule has 1 aromatic carbocycles. The van der Waals surface area contributed by atoms with E-state index in [0.717, 1.165) is 6.42 Å². The van der Waals surface area contributed by atoms with Crippen molar-refractivity contribution in [1.29, 1.82) is 0 Å². The first-order chi connectivity index (χ1) is 12.6. The maximum atomic E-state index is 12.4. The van der Waals surface area contributed by atoms with E-state index in [1.165, 1.54) is 22.2 Å². The summed E-state index contributed by atoms with van der Waals surface area (Å²) in [6.45, 7) is 0.844. The second kappa shape index (κ2) is 8.82. The predicted molar refractivity (Wildman–Crippen MR) is 106 cm³/mol. The van der Waals surface area contributed by atoms with Gasteiger partial charge in [-0.3, -0.25) is 14.5 Å². The Hall–Kier alpha value is -2.38. The first-order valence-electron chi connectivity index (χ1n) is 8.23. The van der Waals surface area contributed by atoms with E-state index in [4.69, 9.17) is 16.6 Å². The summed E-state index contributed by atoms with van der Waals surface area (Å²) in [4.78, 5) is 26.4. The summed E-state index contributed by atoms with van der Waals surface area (Å²) < 4.78 is 5.69. The fourth-order valence-electron chi connectivity index (χ4n) is 2.49. The number of benzene rings is 1. The van der Waals surface area contributed by atoms with Crippen LogP contribution >= 0.6 is 24.0 Å². The van der Waals surface area contributed by atoms with Crippen molar-refractivity contribution in [3.8, 4) is 0 Å². The summed E-state index contributed by atoms with van der Waals surface area (Å²) in [5.41, 5.74) is 1.17. The Morgan fingerprint density at radius 2 is 2.04 bits per heavy atom. The third kappa shape index (κ3) is 4.83. The lowest BCUT2D eigenvalue weighted by Gasteiger charge is -2.14. The van der Waals surface area contributed by atoms with E-state index in [-0.39, 0.29) is 24.8 Å². The molecule has 1 saturated heterocycles. The first-order valence-corrected chi connectivity index (χ1v) is 9.45. The Labute approximate surface area is 161 Å². The van der Waals surface area contributed by atoms with Gasteiger partial charge >= 0.3 is 0 Å². The molecule has 0 radical (unpaired) electrons. The molecular formula is C19H18N2O3S2. The van der Waals surface area contributed by atoms with Crippen LogP contribution in [0.1, 0.15) is 17.7 Å². The predicted octanol–water partition coefficient (Wildman–Crippen LogP) is 3.23. The zero-order valence-electron chi connectivity index (χ0n) is 14.0. The monoisotopic (exact) mass is 386 g/mol. The summed E-state index contributed by atoms with van der Waals surface area (Å²) in [6.07, 6.45) is 4.21. The molecule has 2 heterocycles. The molecule has 0 bridgehead atoms. The Balaban J connectivity index is 1.46. The summed E-state index contributed by atoms with van der Waals surface area (Å²) in [6, 6.07) is 13.5. The second-order valence-electron chi connectivity index (χ2n) is 5.68. The molecule has 0 spiro atoms. The summed E-state index contributed by atoms with van der Waals surface area (Å²) in [5, 5.41) is 2.88. The molecule has 5 nitrogen and oxygen atoms in total. The van der Waals surface area contributed by atoms with Gasteiger partial charge in [0.2, 0.25) is 5.91 Å². The number of nitrogens with zero attached hydrogens (tertiary/aromatic N) is 1. The van der Waals surface area contributed by atoms with Crippen molar-refractivity contribution in [2.45, 2.75) is 12.8 Å². The van der Waals surface area contributed by atoms with Crippen LogP contribution in [-0.4, -0.2) is 34.1 Å². The minimum absolute atomic E-state index is 0.0926. The van der Waals surface area contributed by atoms with Crippen molar-refractivity contribution in [3.05, 3.63) is 65.0 Å². The standard InChI is InChI=1S/C19H18N2O3S2/c22-17(20-10-8-14-5-2-1-3-6-14)9-11-21-18(23)16(26-19(21)25)13-15-7-4-12-24-15/h1-7,12-13H,8-11H2,(H,20,22)/b16-13+. The fraction of sp³-hybridized carbons (Fsp3) is 0.211. The third-order valence-electron chi connectivity index (χ3n) is 3.83. The van der Waals surface area contributed by atoms with Crippen LogP contribution in [0.2, 0.25) is 0 Å². The average molecular weight is 386 g/mol. The zero-order chi connectivity index (χ0) is 18.4. The smallest absolute Gasteiger partial charge is 0.266 e. The van der Waals surface area contributed by atoms with Crippen LogP contribution < -0.4 is 5.32 Å². The molecule has 26 heavy (non-hydrogen) atoms. The maximum absolute atomic E-state index is 12.4. The van der Waals surface area contributed by atoms with Crippen LogP contribution in [0, 0.1) is 0 Å². The fourth-order valence-corrected chi connectivity index (χ4v) is 3.78. The molecule has 0 aliphatic carbocycles. The number of thioether (sulfide) groups is 1. The molecule has 0 saturated carbocycles. The van der Waals surface area contributed by atoms with Gasteiger partial charge in [-0.15, -0.1) is 0 Å². The topological polar surface area (TPSA) is 62.6 Å². The third-order valence-corrected chi connectivity index (χ3v) is 5.21. The molecule has 1 aliphatic heterocycles. The molecule has 1 aromatic heterocycles. The quantitative estimate of drug-likeness (QED) is 0.585. The molecule has 3 rings (SSSR count). The van der Waals surface area contributed by atoms with Crippen LogP contribution in [0.25, 0.3) is 6.08 Å². The molecular weight excluding hydrogens is 368 g/mol. The molecule has 2 aromatic rings. The number of hydrogen-bond donors (Lipinski definition) is 1. The Kier molecular flexibility index (Phi) is 6.25. The maximum Gasteiger partial charge on any atom is 0.266 e. The van der Waals surface area contributed by atoms with E-state index < -0.39 is 0 Å². The molecule has 134 valence electrons. The summed E-state index contributed by atoms with van der Waals surface area (Å²) in [7, 11) is 0. The Morgan fingerprint density at radius 3 is 2.77 bits per heavy atom. The summed E-state index contributed by atoms with van der Waals surface area (Å²) >= 11 is 6.48. The molecule has 2 amide bonds. The van der Waals surface area contributed by atoms with Gasteiger partial charge in [-0.2, -0.15) is 0 Å². The number of carbonyl (C=O) groups excluding carboxylic acids is 2. The normalized spacial score (nSPS) is 15.7. The highest BCUT2D eigenvalue weighted by atomic mass is 32.2. The van der Waals surface area contributed by atoms with Gasteiger partial charge in [-0.1, -0.05) is 54.3 Å². The van der Waals surface area contributed by atoms with Gasteiger partial charge in [-0.05, 0) is 24.1 Å². The highest BCUT2D eigenvalue weighted by Crippen LogP contribution is 2.32. The van der Waals surface area contributed by atoms with Gasteiger partial charge in [0.15, 0.2) is 0 Å². The van der Waals surface area contributed by atoms with Gasteiger partial charge in [-0.25, -0.2) is 0 Å². The van der Waals surface area contributed by atoms with Crippen molar-refractivity contribution >= 4 is 46.2 Å². The molecule has 0 unspecified atom stereocenters. The van der Waals surface area contributed by atoms with Crippen LogP contribution in [0.3, 0.4) is 0 Å². The highest BCUT2D eigenvalue weighted by Gasteiger charge is 2.32. The Morgan fingerprint density at radius 1 is 1.23 bits per heavy atom. The van der Waals surface area contributed by atoms with E-state index in [2.05, 4.69) is 5.32 Å². The minimum Gasteiger partial charge on any atom is -0.465 e. The Bertz CT molecular complexity index is 817. The van der Waals surface area contributed by atoms with E-state index in [1.807, 2.05) is 30.3 Å². The lowest BCUT2D eigenvalue weighted by Crippen LogP contribution is -2.34. The van der Waals surface area contributed by atoms with E-state index in [9.17, 15) is 9.59 Å². The van der Waals surface area contributed by atoms with Crippen LogP contribution in [0.5, 0.6) is 0 Å². The molecule has 1 N–H and O–H groups in total. The lowest BCUT2D eigenvalue weighted by molar-refractivity contribution is -0.123. The van der Waals surface area contributed by atoms with Gasteiger partial charge in [0.1, 0.15) is 10.1 Å². The largest absolute Gasteiger partial charge is 0.465 e. The number of furan rings is 1. The van der Waals surface area contributed by atoms with E-state index in [0.29, 0.717) is 21.5 Å². The number of carbonyl (C=O) groups is 2. The van der Waals surface area contributed by atoms with Gasteiger partial charge in [0.25, 0.3) is 5.91 Å². The number of nitrogens with one attached hydrogen (secondary N) is 1. The highest BCUT2D eigenvalue weighted by molar-refractivity contribution is 8.26. The number of amides is 2. The van der Waals surface area contributed by atoms with Crippen molar-refractivity contribution in [3.63, 3.8) is 0 Å². The average Bonchev–Trinajstić information content (AvgIpc) is 3.23. The van der Waals surface area contributed by atoms with Gasteiger partial charge < -0.3 is 9.73 Å². The molecule has 1 fully saturated rings. The van der Waals surface area contributed by atoms with Gasteiger partial charge in [0.05, 0.1) is 11.2 Å². The molecule has 1 aliphatic rings. The zero-order valence-corrected chi connectivity index (χ0v) is 15.6. The van der Waals surface area contributed by atoms with Crippen LogP contribution in [0.15, 0.2) is 58.1 Å². The van der Waals surface area contributed by atoms with Gasteiger partial charge in [0, 0.05) is 25.6 Å². The number of hydrogen-bond acceptors (Lipinski definition) is 5. The second-order valence-corrected chi connectivity index (χ2v) is 7.36. The molecule has 7 heteroatoms. The van der Waals surface area contributed by atoms with Crippen LogP contribution in [-0.2, 0) is 16.0 Å². The lowest BCUT2D eigenvalue weighted by atomic mass is 10.1. The van der Waals surface area contributed by atoms with Crippen molar-refractivity contribution < 1.29 is 14.0 Å².